The van der Waals surface area contributed by atoms with Crippen LogP contribution in [0.4, 0.5) is 4.39 Å². The zero-order chi connectivity index (χ0) is 20.4. The zero-order valence-corrected chi connectivity index (χ0v) is 16.4. The number of nitrogens with one attached hydrogen (secondary N) is 1. The number of hydrogen-bond donors (Lipinski definition) is 1. The predicted molar refractivity (Wildman–Crippen MR) is 111 cm³/mol. The average molecular weight is 409 g/mol. The lowest BCUT2D eigenvalue weighted by Gasteiger charge is -2.08. The molecule has 0 bridgehead atoms. The summed E-state index contributed by atoms with van der Waals surface area (Å²) in [4.78, 5) is 17.0. The number of hydrogen-bond acceptors (Lipinski definition) is 3. The highest BCUT2D eigenvalue weighted by Gasteiger charge is 2.19. The van der Waals surface area contributed by atoms with E-state index in [2.05, 4.69) is 15.4 Å². The van der Waals surface area contributed by atoms with Gasteiger partial charge in [-0.15, -0.1) is 0 Å². The number of halogens is 2. The van der Waals surface area contributed by atoms with Gasteiger partial charge in [0.2, 0.25) is 0 Å². The molecule has 4 rings (SSSR count). The minimum absolute atomic E-state index is 0.283. The average Bonchev–Trinajstić information content (AvgIpc) is 3.07. The van der Waals surface area contributed by atoms with E-state index in [4.69, 9.17) is 11.6 Å². The molecule has 0 fully saturated rings. The second-order valence-electron chi connectivity index (χ2n) is 6.65. The fraction of sp³-hybridized carbons (Fsp3) is 0.136. The Balaban J connectivity index is 1.60. The van der Waals surface area contributed by atoms with Crippen LogP contribution < -0.4 is 5.32 Å². The number of aryl methyl sites for hydroxylation is 1. The number of pyridine rings is 1. The van der Waals surface area contributed by atoms with Crippen molar-refractivity contribution in [2.24, 2.45) is 0 Å². The van der Waals surface area contributed by atoms with Crippen molar-refractivity contribution in [3.05, 3.63) is 88.5 Å². The van der Waals surface area contributed by atoms with Crippen molar-refractivity contribution < 1.29 is 9.18 Å². The summed E-state index contributed by atoms with van der Waals surface area (Å²) in [7, 11) is 0. The molecule has 1 N–H and O–H groups in total. The molecule has 0 radical (unpaired) electrons. The maximum atomic E-state index is 13.2. The van der Waals surface area contributed by atoms with Gasteiger partial charge in [0.05, 0.1) is 27.4 Å². The number of aromatic nitrogens is 3. The molecule has 2 heterocycles. The van der Waals surface area contributed by atoms with Crippen molar-refractivity contribution in [2.75, 3.05) is 6.54 Å². The van der Waals surface area contributed by atoms with Crippen LogP contribution >= 0.6 is 11.6 Å². The van der Waals surface area contributed by atoms with Crippen molar-refractivity contribution in [3.63, 3.8) is 0 Å². The highest BCUT2D eigenvalue weighted by atomic mass is 35.5. The second kappa shape index (κ2) is 8.01. The van der Waals surface area contributed by atoms with Gasteiger partial charge >= 0.3 is 0 Å². The molecular weight excluding hydrogens is 391 g/mol. The van der Waals surface area contributed by atoms with Crippen LogP contribution in [0.1, 0.15) is 21.6 Å². The third kappa shape index (κ3) is 3.84. The van der Waals surface area contributed by atoms with Crippen LogP contribution in [0.3, 0.4) is 0 Å². The zero-order valence-electron chi connectivity index (χ0n) is 15.7. The van der Waals surface area contributed by atoms with Crippen LogP contribution in [0.25, 0.3) is 16.7 Å². The summed E-state index contributed by atoms with van der Waals surface area (Å²) in [5.74, 6) is -0.614. The number of carbonyl (C=O) groups excluding carboxylic acids is 1. The van der Waals surface area contributed by atoms with E-state index in [1.807, 2.05) is 30.3 Å². The molecule has 0 spiro atoms. The Hall–Kier alpha value is -3.25. The quantitative estimate of drug-likeness (QED) is 0.529. The Bertz CT molecular complexity index is 1170. The summed E-state index contributed by atoms with van der Waals surface area (Å²) in [5, 5.41) is 8.26. The minimum atomic E-state index is -0.331. The standard InChI is InChI=1S/C22H18ClFN4O/c1-14-19-20(23)18(22(29)25-12-11-15-5-3-2-4-6-15)13-26-21(19)28(27-14)17-9-7-16(24)8-10-17/h2-10,13H,11-12H2,1H3,(H,25,29). The van der Waals surface area contributed by atoms with Crippen molar-refractivity contribution in [1.29, 1.82) is 0 Å². The fourth-order valence-corrected chi connectivity index (χ4v) is 3.55. The first-order valence-electron chi connectivity index (χ1n) is 9.16. The van der Waals surface area contributed by atoms with Crippen LogP contribution in [-0.4, -0.2) is 27.2 Å². The Morgan fingerprint density at radius 3 is 2.59 bits per heavy atom. The number of nitrogens with zero attached hydrogens (tertiary/aromatic N) is 3. The molecular formula is C22H18ClFN4O. The summed E-state index contributed by atoms with van der Waals surface area (Å²) >= 11 is 6.55. The van der Waals surface area contributed by atoms with Crippen molar-refractivity contribution >= 4 is 28.5 Å². The first kappa shape index (κ1) is 19.1. The molecule has 1 amide bonds. The lowest BCUT2D eigenvalue weighted by molar-refractivity contribution is 0.0954. The lowest BCUT2D eigenvalue weighted by Crippen LogP contribution is -2.26. The first-order chi connectivity index (χ1) is 14.0. The molecule has 2 aromatic carbocycles. The molecule has 29 heavy (non-hydrogen) atoms. The fourth-order valence-electron chi connectivity index (χ4n) is 3.19. The SMILES string of the molecule is Cc1nn(-c2ccc(F)cc2)c2ncc(C(=O)NCCc3ccccc3)c(Cl)c12. The molecule has 0 aliphatic carbocycles. The van der Waals surface area contributed by atoms with Gasteiger partial charge in [-0.25, -0.2) is 14.1 Å². The van der Waals surface area contributed by atoms with Crippen LogP contribution in [0.5, 0.6) is 0 Å². The van der Waals surface area contributed by atoms with E-state index in [0.29, 0.717) is 39.5 Å². The van der Waals surface area contributed by atoms with Crippen LogP contribution in [0.2, 0.25) is 5.02 Å². The lowest BCUT2D eigenvalue weighted by atomic mass is 10.1. The molecule has 0 aliphatic heterocycles. The molecule has 2 aromatic heterocycles. The van der Waals surface area contributed by atoms with E-state index in [-0.39, 0.29) is 11.7 Å². The molecule has 4 aromatic rings. The van der Waals surface area contributed by atoms with E-state index >= 15 is 0 Å². The van der Waals surface area contributed by atoms with E-state index in [1.165, 1.54) is 18.3 Å². The van der Waals surface area contributed by atoms with Crippen LogP contribution in [0.15, 0.2) is 60.8 Å². The van der Waals surface area contributed by atoms with Gasteiger partial charge < -0.3 is 5.32 Å². The van der Waals surface area contributed by atoms with E-state index in [9.17, 15) is 9.18 Å². The smallest absolute Gasteiger partial charge is 0.254 e. The Kier molecular flexibility index (Phi) is 5.27. The highest BCUT2D eigenvalue weighted by Crippen LogP contribution is 2.30. The van der Waals surface area contributed by atoms with Crippen LogP contribution in [-0.2, 0) is 6.42 Å². The second-order valence-corrected chi connectivity index (χ2v) is 7.03. The molecule has 146 valence electrons. The molecule has 5 nitrogen and oxygen atoms in total. The van der Waals surface area contributed by atoms with Gasteiger partial charge in [-0.05, 0) is 43.2 Å². The number of benzene rings is 2. The van der Waals surface area contributed by atoms with Gasteiger partial charge in [-0.1, -0.05) is 41.9 Å². The molecule has 0 aliphatic rings. The first-order valence-corrected chi connectivity index (χ1v) is 9.54. The van der Waals surface area contributed by atoms with Gasteiger partial charge in [-0.2, -0.15) is 5.10 Å². The summed E-state index contributed by atoms with van der Waals surface area (Å²) in [5.41, 5.74) is 3.26. The molecule has 0 saturated heterocycles. The monoisotopic (exact) mass is 408 g/mol. The molecule has 0 unspecified atom stereocenters. The Morgan fingerprint density at radius 2 is 1.86 bits per heavy atom. The van der Waals surface area contributed by atoms with E-state index in [1.54, 1.807) is 23.7 Å². The maximum Gasteiger partial charge on any atom is 0.254 e. The number of amides is 1. The largest absolute Gasteiger partial charge is 0.352 e. The third-order valence-corrected chi connectivity index (χ3v) is 5.06. The van der Waals surface area contributed by atoms with Crippen molar-refractivity contribution in [3.8, 4) is 5.69 Å². The highest BCUT2D eigenvalue weighted by molar-refractivity contribution is 6.38. The predicted octanol–water partition coefficient (Wildman–Crippen LogP) is 4.49. The molecule has 0 atom stereocenters. The van der Waals surface area contributed by atoms with Crippen LogP contribution in [0, 0.1) is 12.7 Å². The van der Waals surface area contributed by atoms with Crippen molar-refractivity contribution in [2.45, 2.75) is 13.3 Å². The van der Waals surface area contributed by atoms with Gasteiger partial charge in [0.15, 0.2) is 5.65 Å². The Labute approximate surface area is 172 Å². The Morgan fingerprint density at radius 1 is 1.14 bits per heavy atom. The number of rotatable bonds is 5. The summed E-state index contributed by atoms with van der Waals surface area (Å²) < 4.78 is 14.8. The van der Waals surface area contributed by atoms with Gasteiger partial charge in [0.1, 0.15) is 5.82 Å². The molecule has 7 heteroatoms. The van der Waals surface area contributed by atoms with Gasteiger partial charge in [0.25, 0.3) is 5.91 Å². The molecule has 0 saturated carbocycles. The van der Waals surface area contributed by atoms with E-state index < -0.39 is 0 Å². The number of carbonyl (C=O) groups is 1. The van der Waals surface area contributed by atoms with Gasteiger partial charge in [0, 0.05) is 12.7 Å². The van der Waals surface area contributed by atoms with Gasteiger partial charge in [-0.3, -0.25) is 4.79 Å². The normalized spacial score (nSPS) is 11.0. The summed E-state index contributed by atoms with van der Waals surface area (Å²) in [6.07, 6.45) is 2.17. The number of fused-ring (bicyclic) bond motifs is 1. The summed E-state index contributed by atoms with van der Waals surface area (Å²) in [6.45, 7) is 2.29. The minimum Gasteiger partial charge on any atom is -0.352 e. The third-order valence-electron chi connectivity index (χ3n) is 4.67. The van der Waals surface area contributed by atoms with Crippen molar-refractivity contribution in [1.82, 2.24) is 20.1 Å². The summed E-state index contributed by atoms with van der Waals surface area (Å²) in [6, 6.07) is 15.8. The van der Waals surface area contributed by atoms with E-state index in [0.717, 1.165) is 12.0 Å². The maximum absolute atomic E-state index is 13.2. The topological polar surface area (TPSA) is 59.8 Å².